The lowest BCUT2D eigenvalue weighted by atomic mass is 10.3. The number of ether oxygens (including phenoxy) is 2. The smallest absolute Gasteiger partial charge is 0.350 e. The average molecular weight is 204 g/mol. The zero-order valence-electron chi connectivity index (χ0n) is 7.94. The maximum Gasteiger partial charge on any atom is 0.350 e. The van der Waals surface area contributed by atoms with E-state index in [0.29, 0.717) is 0 Å². The summed E-state index contributed by atoms with van der Waals surface area (Å²) in [6, 6.07) is 0. The first-order valence-corrected chi connectivity index (χ1v) is 4.01. The second-order valence-electron chi connectivity index (χ2n) is 2.14. The van der Waals surface area contributed by atoms with Gasteiger partial charge < -0.3 is 19.7 Å². The molecule has 0 bridgehead atoms. The highest BCUT2D eigenvalue weighted by Gasteiger charge is 2.25. The minimum Gasteiger partial charge on any atom is -0.477 e. The van der Waals surface area contributed by atoms with Crippen LogP contribution in [0.5, 0.6) is 0 Å². The van der Waals surface area contributed by atoms with Crippen LogP contribution in [0.25, 0.3) is 0 Å². The Kier molecular flexibility index (Phi) is 5.13. The van der Waals surface area contributed by atoms with Gasteiger partial charge in [0.25, 0.3) is 0 Å². The Morgan fingerprint density at radius 3 is 1.57 bits per heavy atom. The highest BCUT2D eigenvalue weighted by molar-refractivity contribution is 6.12. The lowest BCUT2D eigenvalue weighted by Crippen LogP contribution is -2.17. The fourth-order valence-corrected chi connectivity index (χ4v) is 0.714. The van der Waals surface area contributed by atoms with Gasteiger partial charge in [-0.1, -0.05) is 0 Å². The monoisotopic (exact) mass is 204 g/mol. The molecule has 0 aromatic carbocycles. The van der Waals surface area contributed by atoms with E-state index in [-0.39, 0.29) is 13.2 Å². The van der Waals surface area contributed by atoms with Gasteiger partial charge >= 0.3 is 17.9 Å². The van der Waals surface area contributed by atoms with Crippen molar-refractivity contribution < 1.29 is 29.3 Å². The van der Waals surface area contributed by atoms with E-state index in [0.717, 1.165) is 0 Å². The molecule has 0 aliphatic rings. The molecule has 0 aliphatic carbocycles. The van der Waals surface area contributed by atoms with Crippen molar-refractivity contribution in [3.63, 3.8) is 0 Å². The molecule has 0 amide bonds. The van der Waals surface area contributed by atoms with E-state index in [1.165, 1.54) is 0 Å². The Balaban J connectivity index is 5.03. The molecule has 6 nitrogen and oxygen atoms in total. The van der Waals surface area contributed by atoms with Crippen molar-refractivity contribution in [3.05, 3.63) is 11.5 Å². The molecule has 14 heavy (non-hydrogen) atoms. The van der Waals surface area contributed by atoms with Crippen molar-refractivity contribution in [2.45, 2.75) is 13.8 Å². The summed E-state index contributed by atoms with van der Waals surface area (Å²) in [5.41, 5.74) is -0.895. The number of hydrogen-bond acceptors (Lipinski definition) is 4. The van der Waals surface area contributed by atoms with Crippen molar-refractivity contribution in [1.82, 2.24) is 0 Å². The van der Waals surface area contributed by atoms with Crippen molar-refractivity contribution in [2.24, 2.45) is 0 Å². The fourth-order valence-electron chi connectivity index (χ4n) is 0.714. The van der Waals surface area contributed by atoms with E-state index in [4.69, 9.17) is 19.7 Å². The summed E-state index contributed by atoms with van der Waals surface area (Å²) in [5, 5.41) is 17.1. The highest BCUT2D eigenvalue weighted by Crippen LogP contribution is 2.09. The molecule has 2 N–H and O–H groups in total. The molecule has 0 spiro atoms. The maximum absolute atomic E-state index is 10.5. The van der Waals surface area contributed by atoms with Gasteiger partial charge in [0, 0.05) is 0 Å². The summed E-state index contributed by atoms with van der Waals surface area (Å²) in [5.74, 6) is -3.64. The van der Waals surface area contributed by atoms with Gasteiger partial charge in [-0.05, 0) is 13.8 Å². The van der Waals surface area contributed by atoms with Gasteiger partial charge in [0.1, 0.15) is 0 Å². The highest BCUT2D eigenvalue weighted by atomic mass is 16.7. The number of carbonyl (C=O) groups is 2. The zero-order valence-corrected chi connectivity index (χ0v) is 7.94. The van der Waals surface area contributed by atoms with Gasteiger partial charge in [-0.2, -0.15) is 0 Å². The second-order valence-corrected chi connectivity index (χ2v) is 2.14. The number of hydrogen-bond donors (Lipinski definition) is 2. The molecule has 0 aromatic heterocycles. The van der Waals surface area contributed by atoms with Crippen LogP contribution in [0.2, 0.25) is 0 Å². The quantitative estimate of drug-likeness (QED) is 0.282. The van der Waals surface area contributed by atoms with Gasteiger partial charge in [0.15, 0.2) is 0 Å². The first-order chi connectivity index (χ1) is 6.54. The van der Waals surface area contributed by atoms with Crippen LogP contribution in [0.4, 0.5) is 0 Å². The number of carboxylic acids is 2. The fraction of sp³-hybridized carbons (Fsp3) is 0.500. The summed E-state index contributed by atoms with van der Waals surface area (Å²) in [4.78, 5) is 21.1. The average Bonchev–Trinajstić information content (AvgIpc) is 2.03. The van der Waals surface area contributed by atoms with E-state index in [1.807, 2.05) is 0 Å². The van der Waals surface area contributed by atoms with Gasteiger partial charge in [0.05, 0.1) is 13.2 Å². The van der Waals surface area contributed by atoms with E-state index in [1.54, 1.807) is 13.8 Å². The van der Waals surface area contributed by atoms with Crippen molar-refractivity contribution in [1.29, 1.82) is 0 Å². The molecule has 0 unspecified atom stereocenters. The maximum atomic E-state index is 10.5. The van der Waals surface area contributed by atoms with Crippen LogP contribution in [-0.4, -0.2) is 35.4 Å². The van der Waals surface area contributed by atoms with Gasteiger partial charge in [0.2, 0.25) is 5.57 Å². The third-order valence-corrected chi connectivity index (χ3v) is 1.18. The number of rotatable bonds is 6. The molecule has 0 atom stereocenters. The minimum absolute atomic E-state index is 0.138. The predicted octanol–water partition coefficient (Wildman–Crippen LogP) is 0.440. The third kappa shape index (κ3) is 3.34. The van der Waals surface area contributed by atoms with E-state index < -0.39 is 23.5 Å². The predicted molar refractivity (Wildman–Crippen MR) is 45.5 cm³/mol. The first-order valence-electron chi connectivity index (χ1n) is 4.01. The Bertz CT molecular complexity index is 231. The second kappa shape index (κ2) is 5.85. The lowest BCUT2D eigenvalue weighted by Gasteiger charge is -2.10. The molecule has 0 saturated heterocycles. The number of carboxylic acid groups (broad SMARTS) is 2. The Morgan fingerprint density at radius 2 is 1.36 bits per heavy atom. The SMILES string of the molecule is CCOC(OCC)=C(C(=O)O)C(=O)O. The van der Waals surface area contributed by atoms with Gasteiger partial charge in [-0.3, -0.25) is 0 Å². The van der Waals surface area contributed by atoms with Crippen LogP contribution in [0.3, 0.4) is 0 Å². The Labute approximate surface area is 80.7 Å². The molecule has 80 valence electrons. The van der Waals surface area contributed by atoms with Crippen LogP contribution in [-0.2, 0) is 19.1 Å². The summed E-state index contributed by atoms with van der Waals surface area (Å²) < 4.78 is 9.53. The Hall–Kier alpha value is -1.72. The third-order valence-electron chi connectivity index (χ3n) is 1.18. The topological polar surface area (TPSA) is 93.1 Å². The minimum atomic E-state index is -1.59. The standard InChI is InChI=1S/C8H12O6/c1-3-13-8(14-4-2)5(6(9)10)7(11)12/h3-4H2,1-2H3,(H,9,10)(H,11,12). The van der Waals surface area contributed by atoms with Crippen LogP contribution >= 0.6 is 0 Å². The Morgan fingerprint density at radius 1 is 1.00 bits per heavy atom. The summed E-state index contributed by atoms with van der Waals surface area (Å²) in [6.07, 6.45) is 0. The van der Waals surface area contributed by atoms with Gasteiger partial charge in [-0.15, -0.1) is 0 Å². The van der Waals surface area contributed by atoms with Crippen LogP contribution < -0.4 is 0 Å². The summed E-state index contributed by atoms with van der Waals surface area (Å²) in [6.45, 7) is 3.47. The molecule has 0 heterocycles. The van der Waals surface area contributed by atoms with E-state index >= 15 is 0 Å². The molecule has 0 radical (unpaired) electrons. The summed E-state index contributed by atoms with van der Waals surface area (Å²) in [7, 11) is 0. The van der Waals surface area contributed by atoms with Crippen LogP contribution in [0.15, 0.2) is 11.5 Å². The number of aliphatic carboxylic acids is 2. The van der Waals surface area contributed by atoms with Crippen molar-refractivity contribution >= 4 is 11.9 Å². The lowest BCUT2D eigenvalue weighted by molar-refractivity contribution is -0.141. The van der Waals surface area contributed by atoms with Gasteiger partial charge in [-0.25, -0.2) is 9.59 Å². The van der Waals surface area contributed by atoms with E-state index in [2.05, 4.69) is 0 Å². The summed E-state index contributed by atoms with van der Waals surface area (Å²) >= 11 is 0. The zero-order chi connectivity index (χ0) is 11.1. The molecule has 0 saturated carbocycles. The van der Waals surface area contributed by atoms with Crippen molar-refractivity contribution in [2.75, 3.05) is 13.2 Å². The molecule has 6 heteroatoms. The first kappa shape index (κ1) is 12.3. The normalized spacial score (nSPS) is 9.00. The van der Waals surface area contributed by atoms with Crippen LogP contribution in [0.1, 0.15) is 13.8 Å². The molecular formula is C8H12O6. The molecular weight excluding hydrogens is 192 g/mol. The largest absolute Gasteiger partial charge is 0.477 e. The molecule has 0 aliphatic heterocycles. The van der Waals surface area contributed by atoms with Crippen molar-refractivity contribution in [3.8, 4) is 0 Å². The van der Waals surface area contributed by atoms with E-state index in [9.17, 15) is 9.59 Å². The molecule has 0 fully saturated rings. The van der Waals surface area contributed by atoms with Crippen LogP contribution in [0, 0.1) is 0 Å². The molecule has 0 rings (SSSR count). The molecule has 0 aromatic rings.